The summed E-state index contributed by atoms with van der Waals surface area (Å²) in [5.41, 5.74) is 2.22. The van der Waals surface area contributed by atoms with Crippen LogP contribution in [0.25, 0.3) is 11.1 Å². The number of ether oxygens (including phenoxy) is 1. The van der Waals surface area contributed by atoms with Crippen LogP contribution in [-0.4, -0.2) is 67.6 Å². The Balaban J connectivity index is 1.55. The normalized spacial score (nSPS) is 16.0. The number of piperidine rings is 1. The smallest absolute Gasteiger partial charge is 0.253 e. The molecule has 0 spiro atoms. The van der Waals surface area contributed by atoms with Crippen molar-refractivity contribution in [3.63, 3.8) is 0 Å². The fraction of sp³-hybridized carbons (Fsp3) is 0.636. The molecule has 0 bridgehead atoms. The summed E-state index contributed by atoms with van der Waals surface area (Å²) in [6.45, 7) is 6.90. The van der Waals surface area contributed by atoms with Gasteiger partial charge in [0.1, 0.15) is 5.52 Å². The first-order valence-electron chi connectivity index (χ1n) is 10.5. The molecule has 1 aromatic heterocycles. The van der Waals surface area contributed by atoms with Gasteiger partial charge >= 0.3 is 0 Å². The lowest BCUT2D eigenvalue weighted by Crippen LogP contribution is -2.40. The number of benzene rings is 1. The summed E-state index contributed by atoms with van der Waals surface area (Å²) in [5, 5.41) is 0. The molecule has 28 heavy (non-hydrogen) atoms. The molecule has 1 saturated heterocycles. The first-order valence-corrected chi connectivity index (χ1v) is 10.5. The second-order valence-electron chi connectivity index (χ2n) is 7.86. The first-order chi connectivity index (χ1) is 13.6. The highest BCUT2D eigenvalue weighted by Crippen LogP contribution is 2.21. The molecule has 1 fully saturated rings. The molecule has 0 aliphatic carbocycles. The van der Waals surface area contributed by atoms with Gasteiger partial charge in [0.25, 0.3) is 5.91 Å². The molecule has 1 aliphatic heterocycles. The van der Waals surface area contributed by atoms with Gasteiger partial charge in [0.2, 0.25) is 0 Å². The van der Waals surface area contributed by atoms with E-state index in [2.05, 4.69) is 16.8 Å². The number of methoxy groups -OCH3 is 1. The average Bonchev–Trinajstić information content (AvgIpc) is 3.13. The third kappa shape index (κ3) is 5.32. The lowest BCUT2D eigenvalue weighted by molar-refractivity contribution is 0.0724. The summed E-state index contributed by atoms with van der Waals surface area (Å²) in [7, 11) is 3.65. The second kappa shape index (κ2) is 10.0. The maximum absolute atomic E-state index is 12.9. The first kappa shape index (κ1) is 20.8. The molecule has 1 aromatic carbocycles. The molecule has 0 N–H and O–H groups in total. The van der Waals surface area contributed by atoms with Crippen LogP contribution in [0.1, 0.15) is 48.9 Å². The molecule has 1 aliphatic rings. The Labute approximate surface area is 167 Å². The quantitative estimate of drug-likeness (QED) is 0.658. The van der Waals surface area contributed by atoms with Gasteiger partial charge in [0, 0.05) is 39.2 Å². The van der Waals surface area contributed by atoms with E-state index in [-0.39, 0.29) is 5.91 Å². The fourth-order valence-electron chi connectivity index (χ4n) is 3.85. The minimum absolute atomic E-state index is 0.0572. The highest BCUT2D eigenvalue weighted by atomic mass is 16.5. The molecular formula is C22H33N3O3. The van der Waals surface area contributed by atoms with E-state index < -0.39 is 0 Å². The fourth-order valence-corrected chi connectivity index (χ4v) is 3.85. The molecular weight excluding hydrogens is 354 g/mol. The van der Waals surface area contributed by atoms with Crippen molar-refractivity contribution in [2.24, 2.45) is 5.92 Å². The van der Waals surface area contributed by atoms with Gasteiger partial charge in [-0.2, -0.15) is 0 Å². The van der Waals surface area contributed by atoms with Crippen molar-refractivity contribution in [1.29, 1.82) is 0 Å². The van der Waals surface area contributed by atoms with Crippen LogP contribution in [0.15, 0.2) is 22.6 Å². The SMILES string of the molecule is CCCCc1nc2cc(C(=O)N(C)CC3CCN(CCOC)CC3)ccc2o1. The Morgan fingerprint density at radius 3 is 2.86 bits per heavy atom. The number of hydrogen-bond donors (Lipinski definition) is 0. The molecule has 0 unspecified atom stereocenters. The van der Waals surface area contributed by atoms with Crippen LogP contribution in [-0.2, 0) is 11.2 Å². The monoisotopic (exact) mass is 387 g/mol. The van der Waals surface area contributed by atoms with E-state index in [1.807, 2.05) is 30.1 Å². The largest absolute Gasteiger partial charge is 0.441 e. The summed E-state index contributed by atoms with van der Waals surface area (Å²) < 4.78 is 10.9. The van der Waals surface area contributed by atoms with E-state index in [1.165, 1.54) is 0 Å². The number of oxazole rings is 1. The number of fused-ring (bicyclic) bond motifs is 1. The van der Waals surface area contributed by atoms with E-state index in [4.69, 9.17) is 9.15 Å². The molecule has 2 heterocycles. The summed E-state index contributed by atoms with van der Waals surface area (Å²) in [6.07, 6.45) is 5.27. The predicted octanol–water partition coefficient (Wildman–Crippen LogP) is 3.60. The minimum atomic E-state index is 0.0572. The predicted molar refractivity (Wildman–Crippen MR) is 111 cm³/mol. The number of aromatic nitrogens is 1. The lowest BCUT2D eigenvalue weighted by Gasteiger charge is -2.33. The third-order valence-corrected chi connectivity index (χ3v) is 5.62. The third-order valence-electron chi connectivity index (χ3n) is 5.62. The van der Waals surface area contributed by atoms with E-state index in [0.29, 0.717) is 11.5 Å². The van der Waals surface area contributed by atoms with E-state index in [0.717, 1.165) is 81.9 Å². The summed E-state index contributed by atoms with van der Waals surface area (Å²) in [4.78, 5) is 21.7. The molecule has 6 heteroatoms. The Morgan fingerprint density at radius 1 is 1.36 bits per heavy atom. The van der Waals surface area contributed by atoms with Crippen molar-refractivity contribution < 1.29 is 13.9 Å². The molecule has 3 rings (SSSR count). The van der Waals surface area contributed by atoms with Crippen LogP contribution in [0, 0.1) is 5.92 Å². The maximum Gasteiger partial charge on any atom is 0.253 e. The Morgan fingerprint density at radius 2 is 2.14 bits per heavy atom. The second-order valence-corrected chi connectivity index (χ2v) is 7.86. The summed E-state index contributed by atoms with van der Waals surface area (Å²) in [5.74, 6) is 1.38. The van der Waals surface area contributed by atoms with Crippen LogP contribution in [0.2, 0.25) is 0 Å². The maximum atomic E-state index is 12.9. The zero-order chi connectivity index (χ0) is 19.9. The van der Waals surface area contributed by atoms with Gasteiger partial charge in [-0.1, -0.05) is 13.3 Å². The molecule has 1 amide bonds. The van der Waals surface area contributed by atoms with Crippen molar-refractivity contribution in [2.75, 3.05) is 46.9 Å². The number of carbonyl (C=O) groups excluding carboxylic acids is 1. The number of unbranched alkanes of at least 4 members (excludes halogenated alkanes) is 1. The van der Waals surface area contributed by atoms with Crippen LogP contribution in [0.3, 0.4) is 0 Å². The summed E-state index contributed by atoms with van der Waals surface area (Å²) in [6, 6.07) is 5.58. The lowest BCUT2D eigenvalue weighted by atomic mass is 9.96. The minimum Gasteiger partial charge on any atom is -0.441 e. The van der Waals surface area contributed by atoms with Crippen LogP contribution >= 0.6 is 0 Å². The Bertz CT molecular complexity index is 765. The number of carbonyl (C=O) groups is 1. The number of amides is 1. The number of aryl methyl sites for hydroxylation is 1. The van der Waals surface area contributed by atoms with Gasteiger partial charge in [0.15, 0.2) is 11.5 Å². The van der Waals surface area contributed by atoms with Gasteiger partial charge in [-0.15, -0.1) is 0 Å². The highest BCUT2D eigenvalue weighted by molar-refractivity contribution is 5.97. The van der Waals surface area contributed by atoms with Crippen molar-refractivity contribution in [2.45, 2.75) is 39.0 Å². The number of rotatable bonds is 9. The van der Waals surface area contributed by atoms with E-state index in [9.17, 15) is 4.79 Å². The van der Waals surface area contributed by atoms with Gasteiger partial charge in [-0.3, -0.25) is 4.79 Å². The standard InChI is InChI=1S/C22H33N3O3/c1-4-5-6-21-23-19-15-18(7-8-20(19)28-21)22(26)24(2)16-17-9-11-25(12-10-17)13-14-27-3/h7-8,15,17H,4-6,9-14,16H2,1-3H3. The zero-order valence-corrected chi connectivity index (χ0v) is 17.4. The topological polar surface area (TPSA) is 58.8 Å². The van der Waals surface area contributed by atoms with Crippen molar-refractivity contribution in [1.82, 2.24) is 14.8 Å². The number of hydrogen-bond acceptors (Lipinski definition) is 5. The molecule has 6 nitrogen and oxygen atoms in total. The highest BCUT2D eigenvalue weighted by Gasteiger charge is 2.22. The van der Waals surface area contributed by atoms with Crippen molar-refractivity contribution in [3.05, 3.63) is 29.7 Å². The van der Waals surface area contributed by atoms with Gasteiger partial charge in [0.05, 0.1) is 6.61 Å². The number of likely N-dealkylation sites (tertiary alicyclic amines) is 1. The van der Waals surface area contributed by atoms with Crippen LogP contribution < -0.4 is 0 Å². The Hall–Kier alpha value is -1.92. The molecule has 0 saturated carbocycles. The van der Waals surface area contributed by atoms with E-state index >= 15 is 0 Å². The molecule has 2 aromatic rings. The van der Waals surface area contributed by atoms with Gasteiger partial charge < -0.3 is 19.0 Å². The van der Waals surface area contributed by atoms with Crippen molar-refractivity contribution in [3.8, 4) is 0 Å². The van der Waals surface area contributed by atoms with Gasteiger partial charge in [-0.25, -0.2) is 4.98 Å². The van der Waals surface area contributed by atoms with Crippen LogP contribution in [0.4, 0.5) is 0 Å². The van der Waals surface area contributed by atoms with Crippen molar-refractivity contribution >= 4 is 17.0 Å². The summed E-state index contributed by atoms with van der Waals surface area (Å²) >= 11 is 0. The molecule has 0 atom stereocenters. The zero-order valence-electron chi connectivity index (χ0n) is 17.4. The average molecular weight is 388 g/mol. The molecule has 0 radical (unpaired) electrons. The van der Waals surface area contributed by atoms with Crippen LogP contribution in [0.5, 0.6) is 0 Å². The van der Waals surface area contributed by atoms with E-state index in [1.54, 1.807) is 7.11 Å². The number of nitrogens with zero attached hydrogens (tertiary/aromatic N) is 3. The molecule has 154 valence electrons. The Kier molecular flexibility index (Phi) is 7.45. The van der Waals surface area contributed by atoms with Gasteiger partial charge in [-0.05, 0) is 56.5 Å².